The van der Waals surface area contributed by atoms with E-state index in [1.54, 1.807) is 17.4 Å². The molecule has 1 aromatic heterocycles. The summed E-state index contributed by atoms with van der Waals surface area (Å²) in [4.78, 5) is 1.11. The minimum atomic E-state index is -0.321. The molecule has 2 N–H and O–H groups in total. The van der Waals surface area contributed by atoms with Gasteiger partial charge in [0.05, 0.1) is 0 Å². The van der Waals surface area contributed by atoms with Crippen molar-refractivity contribution in [2.24, 2.45) is 5.73 Å². The largest absolute Gasteiger partial charge is 0.323 e. The Morgan fingerprint density at radius 3 is 2.81 bits per heavy atom. The monoisotopic (exact) mass is 255 g/mol. The zero-order valence-corrected chi connectivity index (χ0v) is 10.1. The smallest absolute Gasteiger partial charge is 0.124 e. The Morgan fingerprint density at radius 2 is 2.19 bits per heavy atom. The Morgan fingerprint density at radius 1 is 1.38 bits per heavy atom. The van der Waals surface area contributed by atoms with Gasteiger partial charge < -0.3 is 5.73 Å². The molecule has 0 saturated carbocycles. The van der Waals surface area contributed by atoms with Gasteiger partial charge in [0.2, 0.25) is 0 Å². The molecule has 1 aromatic carbocycles. The maximum absolute atomic E-state index is 12.8. The topological polar surface area (TPSA) is 26.0 Å². The Kier molecular flexibility index (Phi) is 3.59. The minimum Gasteiger partial charge on any atom is -0.323 e. The van der Waals surface area contributed by atoms with Gasteiger partial charge in [-0.25, -0.2) is 4.39 Å². The summed E-state index contributed by atoms with van der Waals surface area (Å²) in [5.41, 5.74) is 6.92. The Bertz CT molecular complexity index is 470. The van der Waals surface area contributed by atoms with Crippen molar-refractivity contribution in [2.75, 3.05) is 0 Å². The summed E-state index contributed by atoms with van der Waals surface area (Å²) >= 11 is 7.56. The van der Waals surface area contributed by atoms with Crippen LogP contribution >= 0.6 is 22.9 Å². The first-order valence-corrected chi connectivity index (χ1v) is 6.15. The zero-order valence-electron chi connectivity index (χ0n) is 8.49. The Balaban J connectivity index is 2.15. The third kappa shape index (κ3) is 2.61. The highest BCUT2D eigenvalue weighted by Crippen LogP contribution is 2.25. The van der Waals surface area contributed by atoms with Crippen molar-refractivity contribution in [3.63, 3.8) is 0 Å². The molecule has 4 heteroatoms. The van der Waals surface area contributed by atoms with Crippen LogP contribution < -0.4 is 5.73 Å². The molecule has 0 aliphatic carbocycles. The van der Waals surface area contributed by atoms with Crippen LogP contribution in [-0.4, -0.2) is 0 Å². The summed E-state index contributed by atoms with van der Waals surface area (Å²) in [6.07, 6.45) is 0.625. The van der Waals surface area contributed by atoms with Gasteiger partial charge in [0.1, 0.15) is 5.82 Å². The lowest BCUT2D eigenvalue weighted by Gasteiger charge is -2.10. The van der Waals surface area contributed by atoms with Crippen LogP contribution in [0.15, 0.2) is 35.7 Å². The molecule has 2 aromatic rings. The first-order valence-electron chi connectivity index (χ1n) is 4.89. The molecule has 0 saturated heterocycles. The standard InChI is InChI=1S/C12H11ClFNS/c13-10-7-9(14)4-3-8(10)6-11(15)12-2-1-5-16-12/h1-5,7,11H,6,15H2. The Labute approximate surface area is 103 Å². The highest BCUT2D eigenvalue weighted by Gasteiger charge is 2.10. The first-order chi connectivity index (χ1) is 7.66. The summed E-state index contributed by atoms with van der Waals surface area (Å²) in [5.74, 6) is -0.321. The second-order valence-corrected chi connectivity index (χ2v) is 4.95. The van der Waals surface area contributed by atoms with Crippen LogP contribution in [0.3, 0.4) is 0 Å². The van der Waals surface area contributed by atoms with Gasteiger partial charge in [0.25, 0.3) is 0 Å². The molecular formula is C12H11ClFNS. The predicted molar refractivity (Wildman–Crippen MR) is 66.4 cm³/mol. The van der Waals surface area contributed by atoms with Gasteiger partial charge in [-0.3, -0.25) is 0 Å². The molecule has 0 aliphatic heterocycles. The van der Waals surface area contributed by atoms with Crippen molar-refractivity contribution in [2.45, 2.75) is 12.5 Å². The van der Waals surface area contributed by atoms with Gasteiger partial charge in [-0.1, -0.05) is 23.7 Å². The van der Waals surface area contributed by atoms with E-state index in [9.17, 15) is 4.39 Å². The SMILES string of the molecule is NC(Cc1ccc(F)cc1Cl)c1cccs1. The number of benzene rings is 1. The first kappa shape index (κ1) is 11.6. The molecule has 0 bridgehead atoms. The van der Waals surface area contributed by atoms with Crippen molar-refractivity contribution in [1.29, 1.82) is 0 Å². The molecule has 1 unspecified atom stereocenters. The van der Waals surface area contributed by atoms with Crippen molar-refractivity contribution in [3.8, 4) is 0 Å². The van der Waals surface area contributed by atoms with E-state index in [1.165, 1.54) is 12.1 Å². The summed E-state index contributed by atoms with van der Waals surface area (Å²) in [7, 11) is 0. The third-order valence-electron chi connectivity index (χ3n) is 2.36. The maximum atomic E-state index is 12.8. The van der Waals surface area contributed by atoms with Crippen LogP contribution in [0.25, 0.3) is 0 Å². The molecule has 1 nitrogen and oxygen atoms in total. The average Bonchev–Trinajstić information content (AvgIpc) is 2.75. The number of rotatable bonds is 3. The molecule has 16 heavy (non-hydrogen) atoms. The van der Waals surface area contributed by atoms with Gasteiger partial charge >= 0.3 is 0 Å². The minimum absolute atomic E-state index is 0.0806. The van der Waals surface area contributed by atoms with E-state index in [-0.39, 0.29) is 11.9 Å². The van der Waals surface area contributed by atoms with E-state index >= 15 is 0 Å². The molecule has 0 aliphatic rings. The second-order valence-electron chi connectivity index (χ2n) is 3.56. The van der Waals surface area contributed by atoms with E-state index in [2.05, 4.69) is 0 Å². The number of hydrogen-bond donors (Lipinski definition) is 1. The van der Waals surface area contributed by atoms with Crippen LogP contribution in [-0.2, 0) is 6.42 Å². The quantitative estimate of drug-likeness (QED) is 0.887. The fourth-order valence-corrected chi connectivity index (χ4v) is 2.50. The number of halogens is 2. The van der Waals surface area contributed by atoms with Gasteiger partial charge in [0, 0.05) is 15.9 Å². The van der Waals surface area contributed by atoms with Gasteiger partial charge in [-0.2, -0.15) is 0 Å². The van der Waals surface area contributed by atoms with Crippen molar-refractivity contribution >= 4 is 22.9 Å². The van der Waals surface area contributed by atoms with Crippen LogP contribution in [0, 0.1) is 5.82 Å². The number of thiophene rings is 1. The van der Waals surface area contributed by atoms with E-state index < -0.39 is 0 Å². The van der Waals surface area contributed by atoms with Crippen LogP contribution in [0.4, 0.5) is 4.39 Å². The normalized spacial score (nSPS) is 12.7. The van der Waals surface area contributed by atoms with Crippen molar-refractivity contribution in [1.82, 2.24) is 0 Å². The lowest BCUT2D eigenvalue weighted by molar-refractivity contribution is 0.626. The molecule has 2 rings (SSSR count). The molecule has 0 spiro atoms. The summed E-state index contributed by atoms with van der Waals surface area (Å²) in [6.45, 7) is 0. The van der Waals surface area contributed by atoms with Crippen LogP contribution in [0.2, 0.25) is 5.02 Å². The molecule has 1 heterocycles. The molecular weight excluding hydrogens is 245 g/mol. The maximum Gasteiger partial charge on any atom is 0.124 e. The molecule has 84 valence electrons. The van der Waals surface area contributed by atoms with Gasteiger partial charge in [0.15, 0.2) is 0 Å². The fraction of sp³-hybridized carbons (Fsp3) is 0.167. The summed E-state index contributed by atoms with van der Waals surface area (Å²) < 4.78 is 12.8. The molecule has 1 atom stereocenters. The van der Waals surface area contributed by atoms with Crippen molar-refractivity contribution < 1.29 is 4.39 Å². The van der Waals surface area contributed by atoms with Crippen LogP contribution in [0.5, 0.6) is 0 Å². The molecule has 0 fully saturated rings. The van der Waals surface area contributed by atoms with Crippen molar-refractivity contribution in [3.05, 3.63) is 57.0 Å². The van der Waals surface area contributed by atoms with E-state index in [1.807, 2.05) is 17.5 Å². The highest BCUT2D eigenvalue weighted by molar-refractivity contribution is 7.10. The Hall–Kier alpha value is -0.900. The van der Waals surface area contributed by atoms with Gasteiger partial charge in [-0.15, -0.1) is 11.3 Å². The fourth-order valence-electron chi connectivity index (χ4n) is 1.53. The average molecular weight is 256 g/mol. The second kappa shape index (κ2) is 4.95. The van der Waals surface area contributed by atoms with E-state index in [0.717, 1.165) is 10.4 Å². The third-order valence-corrected chi connectivity index (χ3v) is 3.72. The molecule has 0 amide bonds. The predicted octanol–water partition coefficient (Wildman–Crippen LogP) is 3.78. The summed E-state index contributed by atoms with van der Waals surface area (Å²) in [6, 6.07) is 8.28. The molecule has 0 radical (unpaired) electrons. The zero-order chi connectivity index (χ0) is 11.5. The lowest BCUT2D eigenvalue weighted by atomic mass is 10.1. The number of nitrogens with two attached hydrogens (primary N) is 1. The van der Waals surface area contributed by atoms with E-state index in [0.29, 0.717) is 11.4 Å². The number of hydrogen-bond acceptors (Lipinski definition) is 2. The van der Waals surface area contributed by atoms with Crippen LogP contribution in [0.1, 0.15) is 16.5 Å². The lowest BCUT2D eigenvalue weighted by Crippen LogP contribution is -2.12. The van der Waals surface area contributed by atoms with E-state index in [4.69, 9.17) is 17.3 Å². The highest BCUT2D eigenvalue weighted by atomic mass is 35.5. The summed E-state index contributed by atoms with van der Waals surface area (Å²) in [5, 5.41) is 2.42. The van der Waals surface area contributed by atoms with Gasteiger partial charge in [-0.05, 0) is 35.6 Å².